The van der Waals surface area contributed by atoms with Gasteiger partial charge in [-0.15, -0.1) is 0 Å². The van der Waals surface area contributed by atoms with Gasteiger partial charge in [0.15, 0.2) is 0 Å². The van der Waals surface area contributed by atoms with Crippen molar-refractivity contribution in [3.63, 3.8) is 0 Å². The predicted octanol–water partition coefficient (Wildman–Crippen LogP) is 4.20. The molecule has 2 rings (SSSR count). The van der Waals surface area contributed by atoms with Crippen molar-refractivity contribution in [2.45, 2.75) is 57.4 Å². The Balaban J connectivity index is 1.91. The lowest BCUT2D eigenvalue weighted by molar-refractivity contribution is 0.382. The molecule has 0 bridgehead atoms. The van der Waals surface area contributed by atoms with Crippen molar-refractivity contribution in [3.8, 4) is 0 Å². The maximum Gasteiger partial charge on any atom is 0.129 e. The van der Waals surface area contributed by atoms with Crippen LogP contribution in [-0.4, -0.2) is 6.04 Å². The van der Waals surface area contributed by atoms with E-state index in [0.29, 0.717) is 12.3 Å². The van der Waals surface area contributed by atoms with Crippen LogP contribution in [0.1, 0.15) is 50.5 Å². The molecule has 1 aliphatic rings. The van der Waals surface area contributed by atoms with Gasteiger partial charge in [-0.3, -0.25) is 0 Å². The summed E-state index contributed by atoms with van der Waals surface area (Å²) in [6.07, 6.45) is 8.78. The van der Waals surface area contributed by atoms with Crippen molar-refractivity contribution in [1.29, 1.82) is 0 Å². The summed E-state index contributed by atoms with van der Waals surface area (Å²) in [6, 6.07) is 3.85. The van der Waals surface area contributed by atoms with Crippen molar-refractivity contribution in [3.05, 3.63) is 35.4 Å². The summed E-state index contributed by atoms with van der Waals surface area (Å²) in [4.78, 5) is 0. The Morgan fingerprint density at radius 3 is 2.21 bits per heavy atom. The van der Waals surface area contributed by atoms with Crippen LogP contribution in [0.5, 0.6) is 0 Å². The lowest BCUT2D eigenvalue weighted by atomic mass is 9.90. The minimum atomic E-state index is -0.476. The van der Waals surface area contributed by atoms with Gasteiger partial charge in [0.2, 0.25) is 0 Å². The van der Waals surface area contributed by atoms with E-state index < -0.39 is 11.6 Å². The molecule has 1 aromatic rings. The van der Waals surface area contributed by atoms with E-state index in [1.165, 1.54) is 56.7 Å². The van der Waals surface area contributed by atoms with Gasteiger partial charge < -0.3 is 5.73 Å². The maximum atomic E-state index is 13.6. The second-order valence-corrected chi connectivity index (χ2v) is 5.76. The fourth-order valence-corrected chi connectivity index (χ4v) is 3.10. The molecule has 2 N–H and O–H groups in total. The van der Waals surface area contributed by atoms with E-state index in [1.54, 1.807) is 0 Å². The van der Waals surface area contributed by atoms with Crippen molar-refractivity contribution >= 4 is 0 Å². The number of benzene rings is 1. The van der Waals surface area contributed by atoms with Gasteiger partial charge in [-0.1, -0.05) is 44.6 Å². The smallest absolute Gasteiger partial charge is 0.129 e. The zero-order valence-corrected chi connectivity index (χ0v) is 11.4. The lowest BCUT2D eigenvalue weighted by Gasteiger charge is -2.19. The predicted molar refractivity (Wildman–Crippen MR) is 73.8 cm³/mol. The SMILES string of the molecule is NC(Cc1c(F)cccc1F)CC1CCCCCC1. The summed E-state index contributed by atoms with van der Waals surface area (Å²) >= 11 is 0. The third kappa shape index (κ3) is 4.27. The van der Waals surface area contributed by atoms with Crippen LogP contribution in [0, 0.1) is 17.6 Å². The van der Waals surface area contributed by atoms with Crippen LogP contribution in [0.3, 0.4) is 0 Å². The van der Waals surface area contributed by atoms with Crippen molar-refractivity contribution in [2.75, 3.05) is 0 Å². The first-order chi connectivity index (χ1) is 9.16. The molecule has 1 fully saturated rings. The summed E-state index contributed by atoms with van der Waals surface area (Å²) in [6.45, 7) is 0. The van der Waals surface area contributed by atoms with E-state index in [4.69, 9.17) is 5.73 Å². The average Bonchev–Trinajstić information content (AvgIpc) is 2.63. The highest BCUT2D eigenvalue weighted by Crippen LogP contribution is 2.27. The van der Waals surface area contributed by atoms with Crippen LogP contribution in [0.15, 0.2) is 18.2 Å². The van der Waals surface area contributed by atoms with Gasteiger partial charge in [-0.05, 0) is 30.9 Å². The zero-order valence-electron chi connectivity index (χ0n) is 11.4. The Labute approximate surface area is 114 Å². The maximum absolute atomic E-state index is 13.6. The Morgan fingerprint density at radius 2 is 1.63 bits per heavy atom. The second-order valence-electron chi connectivity index (χ2n) is 5.76. The summed E-state index contributed by atoms with van der Waals surface area (Å²) in [5.41, 5.74) is 6.23. The Kier molecular flexibility index (Phi) is 5.32. The number of rotatable bonds is 4. The first-order valence-electron chi connectivity index (χ1n) is 7.35. The van der Waals surface area contributed by atoms with Gasteiger partial charge in [-0.2, -0.15) is 0 Å². The zero-order chi connectivity index (χ0) is 13.7. The highest BCUT2D eigenvalue weighted by Gasteiger charge is 2.18. The van der Waals surface area contributed by atoms with Gasteiger partial charge >= 0.3 is 0 Å². The molecular formula is C16H23F2N. The first kappa shape index (κ1) is 14.4. The summed E-state index contributed by atoms with van der Waals surface area (Å²) in [5, 5.41) is 0. The largest absolute Gasteiger partial charge is 0.327 e. The first-order valence-corrected chi connectivity index (χ1v) is 7.35. The molecule has 1 atom stereocenters. The van der Waals surface area contributed by atoms with Gasteiger partial charge in [-0.25, -0.2) is 8.78 Å². The molecule has 1 aliphatic carbocycles. The molecule has 0 spiro atoms. The Morgan fingerprint density at radius 1 is 1.05 bits per heavy atom. The fourth-order valence-electron chi connectivity index (χ4n) is 3.10. The van der Waals surface area contributed by atoms with E-state index in [2.05, 4.69) is 0 Å². The van der Waals surface area contributed by atoms with Crippen molar-refractivity contribution in [1.82, 2.24) is 0 Å². The molecule has 1 saturated carbocycles. The van der Waals surface area contributed by atoms with Crippen LogP contribution in [-0.2, 0) is 6.42 Å². The van der Waals surface area contributed by atoms with Crippen LogP contribution < -0.4 is 5.73 Å². The molecule has 1 unspecified atom stereocenters. The molecular weight excluding hydrogens is 244 g/mol. The third-order valence-electron chi connectivity index (χ3n) is 4.14. The number of hydrogen-bond acceptors (Lipinski definition) is 1. The van der Waals surface area contributed by atoms with Gasteiger partial charge in [0.1, 0.15) is 11.6 Å². The fraction of sp³-hybridized carbons (Fsp3) is 0.625. The summed E-state index contributed by atoms with van der Waals surface area (Å²) < 4.78 is 27.1. The van der Waals surface area contributed by atoms with Crippen LogP contribution in [0.25, 0.3) is 0 Å². The van der Waals surface area contributed by atoms with Crippen LogP contribution in [0.2, 0.25) is 0 Å². The average molecular weight is 267 g/mol. The van der Waals surface area contributed by atoms with Crippen molar-refractivity contribution < 1.29 is 8.78 Å². The number of hydrogen-bond donors (Lipinski definition) is 1. The lowest BCUT2D eigenvalue weighted by Crippen LogP contribution is -2.27. The minimum Gasteiger partial charge on any atom is -0.327 e. The highest BCUT2D eigenvalue weighted by atomic mass is 19.1. The van der Waals surface area contributed by atoms with Crippen LogP contribution >= 0.6 is 0 Å². The van der Waals surface area contributed by atoms with Gasteiger partial charge in [0, 0.05) is 11.6 Å². The molecule has 1 nitrogen and oxygen atoms in total. The minimum absolute atomic E-state index is 0.142. The molecule has 3 heteroatoms. The van der Waals surface area contributed by atoms with E-state index in [9.17, 15) is 8.78 Å². The monoisotopic (exact) mass is 267 g/mol. The van der Waals surface area contributed by atoms with Crippen LogP contribution in [0.4, 0.5) is 8.78 Å². The molecule has 0 radical (unpaired) electrons. The Hall–Kier alpha value is -0.960. The molecule has 0 aromatic heterocycles. The molecule has 0 aliphatic heterocycles. The molecule has 1 aromatic carbocycles. The third-order valence-corrected chi connectivity index (χ3v) is 4.14. The molecule has 19 heavy (non-hydrogen) atoms. The number of nitrogens with two attached hydrogens (primary N) is 1. The topological polar surface area (TPSA) is 26.0 Å². The molecule has 0 heterocycles. The van der Waals surface area contributed by atoms with E-state index in [1.807, 2.05) is 0 Å². The molecule has 106 valence electrons. The highest BCUT2D eigenvalue weighted by molar-refractivity contribution is 5.20. The van der Waals surface area contributed by atoms with Crippen molar-refractivity contribution in [2.24, 2.45) is 11.7 Å². The molecule has 0 amide bonds. The van der Waals surface area contributed by atoms with E-state index >= 15 is 0 Å². The Bertz CT molecular complexity index is 377. The van der Waals surface area contributed by atoms with E-state index in [0.717, 1.165) is 6.42 Å². The molecule has 0 saturated heterocycles. The van der Waals surface area contributed by atoms with E-state index in [-0.39, 0.29) is 11.6 Å². The summed E-state index contributed by atoms with van der Waals surface area (Å²) in [7, 11) is 0. The normalized spacial score (nSPS) is 19.1. The van der Waals surface area contributed by atoms with Gasteiger partial charge in [0.25, 0.3) is 0 Å². The summed E-state index contributed by atoms with van der Waals surface area (Å²) in [5.74, 6) is -0.319. The number of halogens is 2. The quantitative estimate of drug-likeness (QED) is 0.813. The standard InChI is InChI=1S/C16H23F2N/c17-15-8-5-9-16(18)14(15)11-13(19)10-12-6-3-1-2-4-7-12/h5,8-9,12-13H,1-4,6-7,10-11,19H2. The van der Waals surface area contributed by atoms with Gasteiger partial charge in [0.05, 0.1) is 0 Å². The second kappa shape index (κ2) is 6.99.